The van der Waals surface area contributed by atoms with Gasteiger partial charge in [0.1, 0.15) is 0 Å². The molecule has 264 valence electrons. The summed E-state index contributed by atoms with van der Waals surface area (Å²) in [6.07, 6.45) is 5.45. The summed E-state index contributed by atoms with van der Waals surface area (Å²) in [6, 6.07) is 57.9. The van der Waals surface area contributed by atoms with E-state index in [1.165, 1.54) is 0 Å². The fourth-order valence-corrected chi connectivity index (χ4v) is 7.21. The lowest BCUT2D eigenvalue weighted by Gasteiger charge is -2.32. The van der Waals surface area contributed by atoms with Gasteiger partial charge in [0, 0.05) is 46.0 Å². The van der Waals surface area contributed by atoms with Crippen LogP contribution in [0.3, 0.4) is 0 Å². The maximum absolute atomic E-state index is 6.24. The second-order valence-corrected chi connectivity index (χ2v) is 13.0. The quantitative estimate of drug-likeness (QED) is 0.166. The number of rotatable bonds is 5. The van der Waals surface area contributed by atoms with E-state index in [4.69, 9.17) is 19.4 Å². The van der Waals surface area contributed by atoms with Gasteiger partial charge in [-0.3, -0.25) is 9.97 Å². The maximum Gasteiger partial charge on any atom is 0.151 e. The smallest absolute Gasteiger partial charge is 0.151 e. The van der Waals surface area contributed by atoms with Crippen molar-refractivity contribution in [2.24, 2.45) is 0 Å². The topological polar surface area (TPSA) is 50.7 Å². The van der Waals surface area contributed by atoms with Crippen molar-refractivity contribution in [3.63, 3.8) is 0 Å². The van der Waals surface area contributed by atoms with E-state index in [-0.39, 0.29) is 0 Å². The lowest BCUT2D eigenvalue weighted by atomic mass is 9.95. The van der Waals surface area contributed by atoms with Crippen LogP contribution in [-0.2, 0) is 0 Å². The number of benzene rings is 6. The van der Waals surface area contributed by atoms with E-state index in [2.05, 4.69) is 101 Å². The highest BCUT2D eigenvalue weighted by Crippen LogP contribution is 2.52. The summed E-state index contributed by atoms with van der Waals surface area (Å²) in [5, 5.41) is 0. The number of aromatic nitrogens is 2. The summed E-state index contributed by atoms with van der Waals surface area (Å²) < 4.78 is 12.5. The predicted octanol–water partition coefficient (Wildman–Crippen LogP) is 13.8. The molecule has 6 heteroatoms. The Kier molecular flexibility index (Phi) is 8.82. The minimum absolute atomic E-state index is 0.828. The Hall–Kier alpha value is -7.44. The molecule has 0 atom stereocenters. The zero-order chi connectivity index (χ0) is 37.1. The molecule has 0 N–H and O–H groups in total. The summed E-state index contributed by atoms with van der Waals surface area (Å²) >= 11 is 0. The van der Waals surface area contributed by atoms with Crippen molar-refractivity contribution in [3.8, 4) is 56.6 Å². The number of anilines is 6. The Labute approximate surface area is 320 Å². The van der Waals surface area contributed by atoms with Crippen molar-refractivity contribution >= 4 is 34.1 Å². The largest absolute Gasteiger partial charge is 0.453 e. The van der Waals surface area contributed by atoms with Gasteiger partial charge >= 0.3 is 0 Å². The van der Waals surface area contributed by atoms with Crippen molar-refractivity contribution < 1.29 is 9.47 Å². The summed E-state index contributed by atoms with van der Waals surface area (Å²) in [4.78, 5) is 14.3. The van der Waals surface area contributed by atoms with Crippen molar-refractivity contribution in [1.82, 2.24) is 9.97 Å². The molecule has 0 saturated heterocycles. The minimum atomic E-state index is 0.828. The van der Waals surface area contributed by atoms with Crippen LogP contribution in [0.1, 0.15) is 6.92 Å². The van der Waals surface area contributed by atoms with Crippen molar-refractivity contribution in [3.05, 3.63) is 195 Å². The van der Waals surface area contributed by atoms with Gasteiger partial charge < -0.3 is 19.3 Å². The zero-order valence-corrected chi connectivity index (χ0v) is 30.2. The molecular weight excluding hydrogens is 677 g/mol. The molecule has 6 nitrogen and oxygen atoms in total. The second-order valence-electron chi connectivity index (χ2n) is 13.0. The molecule has 0 radical (unpaired) electrons. The molecule has 2 aliphatic heterocycles. The van der Waals surface area contributed by atoms with Crippen LogP contribution in [0.25, 0.3) is 33.6 Å². The van der Waals surface area contributed by atoms with E-state index < -0.39 is 0 Å². The molecular formula is C49H36N4O2. The van der Waals surface area contributed by atoms with Gasteiger partial charge in [-0.15, -0.1) is 6.58 Å². The first-order valence-electron chi connectivity index (χ1n) is 18.2. The Morgan fingerprint density at radius 3 is 1.05 bits per heavy atom. The SMILES string of the molecule is C=CC.c1ccc2c(c1)Oc1ccccc1N2c1ccc(-c2ncccc2-c2cccnc2-c2ccc(N3c4ccccc4Oc4ccccc43)cc2)cc1. The molecule has 0 unspecified atom stereocenters. The third-order valence-electron chi connectivity index (χ3n) is 9.57. The maximum atomic E-state index is 6.24. The van der Waals surface area contributed by atoms with Crippen LogP contribution in [0, 0.1) is 0 Å². The molecule has 2 aromatic heterocycles. The lowest BCUT2D eigenvalue weighted by Crippen LogP contribution is -2.15. The lowest BCUT2D eigenvalue weighted by molar-refractivity contribution is 0.477. The molecule has 0 bridgehead atoms. The molecule has 6 aromatic carbocycles. The fraction of sp³-hybridized carbons (Fsp3) is 0.0204. The average Bonchev–Trinajstić information content (AvgIpc) is 3.25. The number of ether oxygens (including phenoxy) is 2. The number of hydrogen-bond donors (Lipinski definition) is 0. The summed E-state index contributed by atoms with van der Waals surface area (Å²) in [5.74, 6) is 3.31. The van der Waals surface area contributed by atoms with Crippen LogP contribution < -0.4 is 19.3 Å². The number of hydrogen-bond acceptors (Lipinski definition) is 6. The van der Waals surface area contributed by atoms with Crippen LogP contribution in [-0.4, -0.2) is 9.97 Å². The van der Waals surface area contributed by atoms with Gasteiger partial charge in [-0.1, -0.05) is 91.0 Å². The van der Waals surface area contributed by atoms with E-state index in [0.29, 0.717) is 0 Å². The first-order chi connectivity index (χ1) is 27.2. The highest BCUT2D eigenvalue weighted by Gasteiger charge is 2.27. The first kappa shape index (κ1) is 33.4. The summed E-state index contributed by atoms with van der Waals surface area (Å²) in [7, 11) is 0. The van der Waals surface area contributed by atoms with Gasteiger partial charge in [-0.05, 0) is 91.9 Å². The van der Waals surface area contributed by atoms with E-state index in [1.807, 2.05) is 104 Å². The van der Waals surface area contributed by atoms with E-state index in [1.54, 1.807) is 6.08 Å². The average molecular weight is 713 g/mol. The highest BCUT2D eigenvalue weighted by atomic mass is 16.5. The Morgan fingerprint density at radius 2 is 0.727 bits per heavy atom. The molecule has 0 fully saturated rings. The third-order valence-corrected chi connectivity index (χ3v) is 9.57. The summed E-state index contributed by atoms with van der Waals surface area (Å²) in [6.45, 7) is 5.25. The van der Waals surface area contributed by atoms with Gasteiger partial charge in [0.05, 0.1) is 34.1 Å². The van der Waals surface area contributed by atoms with Crippen molar-refractivity contribution in [2.45, 2.75) is 6.92 Å². The molecule has 10 rings (SSSR count). The van der Waals surface area contributed by atoms with Gasteiger partial charge in [0.2, 0.25) is 0 Å². The number of nitrogens with zero attached hydrogens (tertiary/aromatic N) is 4. The van der Waals surface area contributed by atoms with Crippen LogP contribution >= 0.6 is 0 Å². The van der Waals surface area contributed by atoms with Crippen molar-refractivity contribution in [2.75, 3.05) is 9.80 Å². The second kappa shape index (κ2) is 14.5. The van der Waals surface area contributed by atoms with E-state index in [9.17, 15) is 0 Å². The number of para-hydroxylation sites is 8. The first-order valence-corrected chi connectivity index (χ1v) is 18.2. The van der Waals surface area contributed by atoms with Gasteiger partial charge in [0.25, 0.3) is 0 Å². The van der Waals surface area contributed by atoms with Crippen LogP contribution in [0.5, 0.6) is 23.0 Å². The molecule has 55 heavy (non-hydrogen) atoms. The molecule has 4 heterocycles. The van der Waals surface area contributed by atoms with Crippen LogP contribution in [0.2, 0.25) is 0 Å². The van der Waals surface area contributed by atoms with Gasteiger partial charge in [-0.2, -0.15) is 0 Å². The molecule has 8 aromatic rings. The monoisotopic (exact) mass is 712 g/mol. The predicted molar refractivity (Wildman–Crippen MR) is 224 cm³/mol. The zero-order valence-electron chi connectivity index (χ0n) is 30.2. The Morgan fingerprint density at radius 1 is 0.418 bits per heavy atom. The molecule has 0 amide bonds. The van der Waals surface area contributed by atoms with Gasteiger partial charge in [0.15, 0.2) is 23.0 Å². The molecule has 0 aliphatic carbocycles. The standard InChI is InChI=1S/C46H30N4O2.C3H6/c1-5-17-41-37(13-1)49(38-14-2-6-18-42(38)51-41)33-25-21-31(22-26-33)45-35(11-9-29-47-45)36-12-10-30-48-46(36)32-23-27-34(28-24-32)50-39-15-3-7-19-43(39)52-44-20-8-4-16-40(44)50;1-3-2/h1-30H;3H,1H2,2H3. The van der Waals surface area contributed by atoms with Gasteiger partial charge in [-0.25, -0.2) is 0 Å². The number of pyridine rings is 2. The normalized spacial score (nSPS) is 12.0. The molecule has 2 aliphatic rings. The fourth-order valence-electron chi connectivity index (χ4n) is 7.21. The Balaban J connectivity index is 0.00000128. The molecule has 0 saturated carbocycles. The Bertz CT molecular complexity index is 2380. The van der Waals surface area contributed by atoms with E-state index >= 15 is 0 Å². The summed E-state index contributed by atoms with van der Waals surface area (Å²) in [5.41, 5.74) is 11.9. The highest BCUT2D eigenvalue weighted by molar-refractivity contribution is 5.92. The third kappa shape index (κ3) is 6.15. The minimum Gasteiger partial charge on any atom is -0.453 e. The number of allylic oxidation sites excluding steroid dienone is 1. The van der Waals surface area contributed by atoms with Crippen molar-refractivity contribution in [1.29, 1.82) is 0 Å². The number of fused-ring (bicyclic) bond motifs is 4. The van der Waals surface area contributed by atoms with Crippen LogP contribution in [0.15, 0.2) is 195 Å². The molecule has 0 spiro atoms. The van der Waals surface area contributed by atoms with Crippen LogP contribution in [0.4, 0.5) is 34.1 Å². The van der Waals surface area contributed by atoms with E-state index in [0.717, 1.165) is 90.8 Å².